The van der Waals surface area contributed by atoms with Crippen LogP contribution in [-0.4, -0.2) is 24.9 Å². The zero-order valence-corrected chi connectivity index (χ0v) is 14.8. The number of anilines is 1. The molecule has 0 bridgehead atoms. The van der Waals surface area contributed by atoms with Gasteiger partial charge in [0.25, 0.3) is 0 Å². The lowest BCUT2D eigenvalue weighted by Crippen LogP contribution is -2.41. The largest absolute Gasteiger partial charge is 0.491 e. The van der Waals surface area contributed by atoms with Crippen molar-refractivity contribution in [2.75, 3.05) is 12.3 Å². The minimum absolute atomic E-state index is 0.272. The maximum atomic E-state index is 6.22. The van der Waals surface area contributed by atoms with Gasteiger partial charge in [-0.15, -0.1) is 0 Å². The highest BCUT2D eigenvalue weighted by molar-refractivity contribution is 6.56. The first-order valence-corrected chi connectivity index (χ1v) is 7.83. The average Bonchev–Trinajstić information content (AvgIpc) is 2.57. The summed E-state index contributed by atoms with van der Waals surface area (Å²) in [6, 6.07) is 3.30. The molecule has 4 nitrogen and oxygen atoms in total. The quantitative estimate of drug-likeness (QED) is 0.651. The van der Waals surface area contributed by atoms with Crippen LogP contribution in [0.5, 0.6) is 0 Å². The Bertz CT molecular complexity index is 579. The third kappa shape index (κ3) is 3.29. The van der Waals surface area contributed by atoms with Crippen LogP contribution in [0.25, 0.3) is 6.08 Å². The van der Waals surface area contributed by atoms with E-state index < -0.39 is 18.3 Å². The van der Waals surface area contributed by atoms with Gasteiger partial charge in [0.2, 0.25) is 0 Å². The zero-order chi connectivity index (χ0) is 16.7. The zero-order valence-electron chi connectivity index (χ0n) is 13.2. The smallest absolute Gasteiger partial charge is 0.400 e. The molecule has 1 aromatic carbocycles. The molecular formula is C15H21BCl2N2O2. The number of benzene rings is 1. The molecule has 0 saturated carbocycles. The van der Waals surface area contributed by atoms with E-state index in [-0.39, 0.29) is 6.54 Å². The molecule has 0 unspecified atom stereocenters. The highest BCUT2D eigenvalue weighted by Crippen LogP contribution is 2.39. The first-order chi connectivity index (χ1) is 10.1. The Morgan fingerprint density at radius 1 is 1.14 bits per heavy atom. The summed E-state index contributed by atoms with van der Waals surface area (Å²) < 4.78 is 12.0. The van der Waals surface area contributed by atoms with Crippen LogP contribution in [-0.2, 0) is 9.31 Å². The lowest BCUT2D eigenvalue weighted by molar-refractivity contribution is 0.00578. The standard InChI is InChI=1S/C15H21BCl2N2O2/c1-14(2)15(3,4)22-16(21-14)9(8-19)5-11-12(17)6-10(20)7-13(11)18/h5-7H,8,19-20H2,1-4H3. The van der Waals surface area contributed by atoms with Gasteiger partial charge in [-0.3, -0.25) is 0 Å². The van der Waals surface area contributed by atoms with Crippen LogP contribution in [0.2, 0.25) is 10.0 Å². The van der Waals surface area contributed by atoms with Gasteiger partial charge in [-0.2, -0.15) is 0 Å². The maximum Gasteiger partial charge on any atom is 0.491 e. The molecule has 22 heavy (non-hydrogen) atoms. The van der Waals surface area contributed by atoms with E-state index in [1.54, 1.807) is 12.1 Å². The van der Waals surface area contributed by atoms with Crippen LogP contribution >= 0.6 is 23.2 Å². The van der Waals surface area contributed by atoms with Crippen molar-refractivity contribution in [1.29, 1.82) is 0 Å². The molecule has 2 rings (SSSR count). The van der Waals surface area contributed by atoms with Gasteiger partial charge in [-0.1, -0.05) is 29.3 Å². The Labute approximate surface area is 141 Å². The van der Waals surface area contributed by atoms with Gasteiger partial charge in [0, 0.05) is 17.8 Å². The predicted octanol–water partition coefficient (Wildman–Crippen LogP) is 3.55. The summed E-state index contributed by atoms with van der Waals surface area (Å²) in [5.74, 6) is 0. The highest BCUT2D eigenvalue weighted by atomic mass is 35.5. The number of halogens is 2. The predicted molar refractivity (Wildman–Crippen MR) is 94.0 cm³/mol. The molecule has 1 aliphatic heterocycles. The summed E-state index contributed by atoms with van der Waals surface area (Å²) in [5, 5.41) is 0.930. The second-order valence-electron chi connectivity index (χ2n) is 6.41. The summed E-state index contributed by atoms with van der Waals surface area (Å²) in [5.41, 5.74) is 12.7. The monoisotopic (exact) mass is 342 g/mol. The molecule has 1 heterocycles. The van der Waals surface area contributed by atoms with Crippen molar-refractivity contribution < 1.29 is 9.31 Å². The van der Waals surface area contributed by atoms with Crippen molar-refractivity contribution in [3.05, 3.63) is 33.2 Å². The summed E-state index contributed by atoms with van der Waals surface area (Å²) in [4.78, 5) is 0. The Morgan fingerprint density at radius 2 is 1.59 bits per heavy atom. The van der Waals surface area contributed by atoms with Crippen molar-refractivity contribution in [2.24, 2.45) is 5.73 Å². The van der Waals surface area contributed by atoms with Crippen molar-refractivity contribution in [3.8, 4) is 0 Å². The topological polar surface area (TPSA) is 70.5 Å². The van der Waals surface area contributed by atoms with Crippen LogP contribution < -0.4 is 11.5 Å². The first-order valence-electron chi connectivity index (χ1n) is 7.08. The van der Waals surface area contributed by atoms with Crippen LogP contribution in [0.4, 0.5) is 5.69 Å². The molecule has 0 amide bonds. The molecule has 120 valence electrons. The van der Waals surface area contributed by atoms with Crippen molar-refractivity contribution >= 4 is 42.1 Å². The summed E-state index contributed by atoms with van der Waals surface area (Å²) in [6.45, 7) is 8.23. The molecule has 1 saturated heterocycles. The summed E-state index contributed by atoms with van der Waals surface area (Å²) in [6.07, 6.45) is 1.81. The van der Waals surface area contributed by atoms with Crippen LogP contribution in [0.3, 0.4) is 0 Å². The lowest BCUT2D eigenvalue weighted by Gasteiger charge is -2.32. The Morgan fingerprint density at radius 3 is 2.00 bits per heavy atom. The van der Waals surface area contributed by atoms with Gasteiger partial charge >= 0.3 is 7.12 Å². The molecule has 4 N–H and O–H groups in total. The van der Waals surface area contributed by atoms with Crippen LogP contribution in [0.15, 0.2) is 17.6 Å². The Hall–Kier alpha value is -0.715. The number of nitrogens with two attached hydrogens (primary N) is 2. The number of hydrogen-bond donors (Lipinski definition) is 2. The van der Waals surface area contributed by atoms with Gasteiger partial charge in [0.05, 0.1) is 21.2 Å². The second-order valence-corrected chi connectivity index (χ2v) is 7.22. The van der Waals surface area contributed by atoms with E-state index in [2.05, 4.69) is 0 Å². The molecule has 1 aromatic rings. The van der Waals surface area contributed by atoms with Gasteiger partial charge in [-0.05, 0) is 45.3 Å². The van der Waals surface area contributed by atoms with E-state index >= 15 is 0 Å². The number of hydrogen-bond acceptors (Lipinski definition) is 4. The van der Waals surface area contributed by atoms with E-state index in [0.29, 0.717) is 21.3 Å². The van der Waals surface area contributed by atoms with E-state index in [1.807, 2.05) is 33.8 Å². The van der Waals surface area contributed by atoms with Crippen molar-refractivity contribution in [2.45, 2.75) is 38.9 Å². The van der Waals surface area contributed by atoms with E-state index in [0.717, 1.165) is 5.47 Å². The van der Waals surface area contributed by atoms with E-state index in [9.17, 15) is 0 Å². The maximum absolute atomic E-state index is 6.22. The summed E-state index contributed by atoms with van der Waals surface area (Å²) in [7, 11) is -0.528. The van der Waals surface area contributed by atoms with Gasteiger partial charge < -0.3 is 20.8 Å². The normalized spacial score (nSPS) is 20.5. The molecule has 0 aliphatic carbocycles. The fraction of sp³-hybridized carbons (Fsp3) is 0.467. The minimum atomic E-state index is -0.528. The molecule has 0 atom stereocenters. The molecule has 0 radical (unpaired) electrons. The number of nitrogen functional groups attached to an aromatic ring is 1. The Balaban J connectivity index is 2.38. The molecule has 1 fully saturated rings. The van der Waals surface area contributed by atoms with Crippen molar-refractivity contribution in [1.82, 2.24) is 0 Å². The average molecular weight is 343 g/mol. The van der Waals surface area contributed by atoms with Crippen LogP contribution in [0.1, 0.15) is 33.3 Å². The fourth-order valence-electron chi connectivity index (χ4n) is 2.14. The Kier molecular flexibility index (Phi) is 4.86. The van der Waals surface area contributed by atoms with Crippen molar-refractivity contribution in [3.63, 3.8) is 0 Å². The molecule has 1 aliphatic rings. The lowest BCUT2D eigenvalue weighted by atomic mass is 9.77. The number of rotatable bonds is 3. The molecule has 0 spiro atoms. The van der Waals surface area contributed by atoms with Crippen LogP contribution in [0, 0.1) is 0 Å². The van der Waals surface area contributed by atoms with Gasteiger partial charge in [0.15, 0.2) is 0 Å². The van der Waals surface area contributed by atoms with Gasteiger partial charge in [-0.25, -0.2) is 0 Å². The fourth-order valence-corrected chi connectivity index (χ4v) is 2.76. The SMILES string of the molecule is CC1(C)OB(C(=Cc2c(Cl)cc(N)cc2Cl)CN)OC1(C)C. The second kappa shape index (κ2) is 6.06. The third-order valence-electron chi connectivity index (χ3n) is 4.22. The van der Waals surface area contributed by atoms with Gasteiger partial charge in [0.1, 0.15) is 0 Å². The summed E-state index contributed by atoms with van der Waals surface area (Å²) >= 11 is 12.4. The minimum Gasteiger partial charge on any atom is -0.400 e. The molecule has 0 aromatic heterocycles. The highest BCUT2D eigenvalue weighted by Gasteiger charge is 2.52. The van der Waals surface area contributed by atoms with E-state index in [1.165, 1.54) is 0 Å². The van der Waals surface area contributed by atoms with E-state index in [4.69, 9.17) is 44.0 Å². The first kappa shape index (κ1) is 17.6. The molecular weight excluding hydrogens is 322 g/mol. The molecule has 7 heteroatoms. The third-order valence-corrected chi connectivity index (χ3v) is 4.85.